The normalized spacial score (nSPS) is 14.2. The average Bonchev–Trinajstić information content (AvgIpc) is 3.15. The molecule has 0 aromatic carbocycles. The maximum Gasteiger partial charge on any atom is 0.0751 e. The highest BCUT2D eigenvalue weighted by Gasteiger charge is 2.19. The van der Waals surface area contributed by atoms with E-state index in [0.717, 1.165) is 23.7 Å². The third-order valence-electron chi connectivity index (χ3n) is 6.82. The van der Waals surface area contributed by atoms with Gasteiger partial charge in [0, 0.05) is 0 Å². The fourth-order valence-corrected chi connectivity index (χ4v) is 9.19. The average molecular weight is 607 g/mol. The summed E-state index contributed by atoms with van der Waals surface area (Å²) in [6, 6.07) is 0. The van der Waals surface area contributed by atoms with Crippen LogP contribution in [-0.2, 0) is 12.8 Å². The van der Waals surface area contributed by atoms with E-state index in [-0.39, 0.29) is 0 Å². The molecule has 2 heterocycles. The van der Waals surface area contributed by atoms with Gasteiger partial charge < -0.3 is 0 Å². The van der Waals surface area contributed by atoms with Gasteiger partial charge >= 0.3 is 0 Å². The van der Waals surface area contributed by atoms with E-state index in [0.29, 0.717) is 0 Å². The molecule has 0 aliphatic rings. The Balaban J connectivity index is 1.85. The Bertz CT molecular complexity index is 721. The minimum atomic E-state index is 0.844. The molecule has 0 aliphatic carbocycles. The minimum Gasteiger partial charge on any atom is -0.127 e. The molecule has 0 spiro atoms. The molecule has 0 saturated carbocycles. The molecule has 0 N–H and O–H groups in total. The van der Waals surface area contributed by atoms with Crippen molar-refractivity contribution in [1.29, 1.82) is 0 Å². The highest BCUT2D eigenvalue weighted by atomic mass is 79.9. The van der Waals surface area contributed by atoms with Gasteiger partial charge in [-0.1, -0.05) is 92.9 Å². The van der Waals surface area contributed by atoms with E-state index in [1.807, 2.05) is 22.7 Å². The highest BCUT2D eigenvalue weighted by molar-refractivity contribution is 9.11. The van der Waals surface area contributed by atoms with Gasteiger partial charge in [0.2, 0.25) is 0 Å². The van der Waals surface area contributed by atoms with Crippen LogP contribution in [0, 0.1) is 23.7 Å². The lowest BCUT2D eigenvalue weighted by Gasteiger charge is -2.12. The van der Waals surface area contributed by atoms with Crippen molar-refractivity contribution >= 4 is 63.9 Å². The number of hydrogen-bond acceptors (Lipinski definition) is 2. The Morgan fingerprint density at radius 2 is 0.875 bits per heavy atom. The Labute approximate surface area is 223 Å². The number of thiophene rings is 2. The molecule has 0 fully saturated rings. The summed E-state index contributed by atoms with van der Waals surface area (Å²) in [7, 11) is 0. The van der Waals surface area contributed by atoms with Crippen molar-refractivity contribution in [1.82, 2.24) is 0 Å². The van der Waals surface area contributed by atoms with E-state index in [1.165, 1.54) is 84.6 Å². The topological polar surface area (TPSA) is 0 Å². The molecule has 184 valence electrons. The van der Waals surface area contributed by atoms with E-state index in [2.05, 4.69) is 73.4 Å². The first-order valence-corrected chi connectivity index (χ1v) is 16.3. The van der Waals surface area contributed by atoms with Gasteiger partial charge in [-0.3, -0.25) is 0 Å². The van der Waals surface area contributed by atoms with E-state index >= 15 is 0 Å². The monoisotopic (exact) mass is 604 g/mol. The number of hydrogen-bond donors (Lipinski definition) is 0. The number of fused-ring (bicyclic) bond motifs is 1. The maximum atomic E-state index is 3.91. The highest BCUT2D eigenvalue weighted by Crippen LogP contribution is 2.46. The van der Waals surface area contributed by atoms with Crippen molar-refractivity contribution in [3.05, 3.63) is 18.7 Å². The van der Waals surface area contributed by atoms with Gasteiger partial charge in [-0.2, -0.15) is 0 Å². The number of rotatable bonds is 16. The predicted octanol–water partition coefficient (Wildman–Crippen LogP) is 12.1. The van der Waals surface area contributed by atoms with Crippen molar-refractivity contribution in [2.75, 3.05) is 0 Å². The second-order valence-corrected chi connectivity index (χ2v) is 15.7. The van der Waals surface area contributed by atoms with Crippen molar-refractivity contribution in [3.8, 4) is 0 Å². The number of aryl methyl sites for hydroxylation is 2. The third kappa shape index (κ3) is 9.70. The summed E-state index contributed by atoms with van der Waals surface area (Å²) in [6.45, 7) is 14.3. The lowest BCUT2D eigenvalue weighted by Crippen LogP contribution is -1.98. The van der Waals surface area contributed by atoms with Crippen molar-refractivity contribution in [2.24, 2.45) is 23.7 Å². The van der Waals surface area contributed by atoms with Gasteiger partial charge in [0.1, 0.15) is 0 Å². The minimum absolute atomic E-state index is 0.844. The zero-order valence-corrected chi connectivity index (χ0v) is 26.2. The van der Waals surface area contributed by atoms with E-state index in [4.69, 9.17) is 0 Å². The first-order chi connectivity index (χ1) is 15.2. The summed E-state index contributed by atoms with van der Waals surface area (Å²) in [5, 5.41) is 0. The fourth-order valence-electron chi connectivity index (χ4n) is 4.69. The third-order valence-corrected chi connectivity index (χ3v) is 11.0. The van der Waals surface area contributed by atoms with E-state index < -0.39 is 0 Å². The smallest absolute Gasteiger partial charge is 0.0751 e. The zero-order valence-electron chi connectivity index (χ0n) is 21.4. The lowest BCUT2D eigenvalue weighted by atomic mass is 9.94. The fraction of sp³-hybridized carbons (Fsp3) is 0.786. The molecular formula is C28H46Br2S2. The molecule has 2 aromatic heterocycles. The summed E-state index contributed by atoms with van der Waals surface area (Å²) in [4.78, 5) is 0. The SMILES string of the molecule is CC(C)CCC[C@H](C)CCCc1c(Br)sc2c(CCC[C@@H](C)CCCC(C)C)c(Br)sc12. The van der Waals surface area contributed by atoms with Crippen LogP contribution in [0.3, 0.4) is 0 Å². The van der Waals surface area contributed by atoms with Gasteiger partial charge in [0.15, 0.2) is 0 Å². The molecule has 4 heteroatoms. The standard InChI is InChI=1S/C28H46Br2S2/c1-19(2)11-7-13-21(5)15-9-17-23-25-26(32-27(23)29)24(28(30)31-25)18-10-16-22(6)14-8-12-20(3)4/h19-22H,7-18H2,1-6H3/t21-,22-/m0/s1. The van der Waals surface area contributed by atoms with Crippen molar-refractivity contribution in [3.63, 3.8) is 0 Å². The second kappa shape index (κ2) is 14.9. The Morgan fingerprint density at radius 1 is 0.531 bits per heavy atom. The van der Waals surface area contributed by atoms with Gasteiger partial charge in [-0.25, -0.2) is 0 Å². The van der Waals surface area contributed by atoms with Gasteiger partial charge in [0.05, 0.1) is 17.0 Å². The Morgan fingerprint density at radius 3 is 1.22 bits per heavy atom. The number of halogens is 2. The van der Waals surface area contributed by atoms with Gasteiger partial charge in [-0.05, 0) is 92.3 Å². The summed E-state index contributed by atoms with van der Waals surface area (Å²) in [5.41, 5.74) is 3.14. The van der Waals surface area contributed by atoms with Crippen LogP contribution in [0.4, 0.5) is 0 Å². The van der Waals surface area contributed by atoms with Crippen LogP contribution < -0.4 is 0 Å². The van der Waals surface area contributed by atoms with Crippen LogP contribution >= 0.6 is 54.5 Å². The predicted molar refractivity (Wildman–Crippen MR) is 157 cm³/mol. The van der Waals surface area contributed by atoms with Crippen molar-refractivity contribution in [2.45, 2.75) is 119 Å². The Kier molecular flexibility index (Phi) is 13.4. The van der Waals surface area contributed by atoms with Crippen LogP contribution in [0.1, 0.15) is 117 Å². The van der Waals surface area contributed by atoms with Crippen LogP contribution in [0.25, 0.3) is 9.40 Å². The summed E-state index contributed by atoms with van der Waals surface area (Å²) >= 11 is 11.8. The van der Waals surface area contributed by atoms with E-state index in [9.17, 15) is 0 Å². The molecule has 32 heavy (non-hydrogen) atoms. The maximum absolute atomic E-state index is 3.91. The molecule has 0 nitrogen and oxygen atoms in total. The van der Waals surface area contributed by atoms with Crippen LogP contribution in [0.15, 0.2) is 7.57 Å². The van der Waals surface area contributed by atoms with Crippen molar-refractivity contribution < 1.29 is 0 Å². The van der Waals surface area contributed by atoms with Gasteiger partial charge in [0.25, 0.3) is 0 Å². The molecule has 0 unspecified atom stereocenters. The quantitative estimate of drug-likeness (QED) is 0.178. The molecule has 0 aliphatic heterocycles. The van der Waals surface area contributed by atoms with Gasteiger partial charge in [-0.15, -0.1) is 22.7 Å². The summed E-state index contributed by atoms with van der Waals surface area (Å²) < 4.78 is 5.84. The van der Waals surface area contributed by atoms with Crippen LogP contribution in [-0.4, -0.2) is 0 Å². The zero-order chi connectivity index (χ0) is 23.7. The first-order valence-electron chi connectivity index (χ1n) is 13.1. The van der Waals surface area contributed by atoms with Crippen LogP contribution in [0.2, 0.25) is 0 Å². The summed E-state index contributed by atoms with van der Waals surface area (Å²) in [5.74, 6) is 3.40. The molecule has 2 atom stereocenters. The largest absolute Gasteiger partial charge is 0.127 e. The summed E-state index contributed by atoms with van der Waals surface area (Å²) in [6.07, 6.45) is 16.1. The molecule has 0 saturated heterocycles. The molecule has 0 bridgehead atoms. The van der Waals surface area contributed by atoms with Crippen LogP contribution in [0.5, 0.6) is 0 Å². The van der Waals surface area contributed by atoms with E-state index in [1.54, 1.807) is 20.5 Å². The molecule has 0 amide bonds. The molecule has 2 aromatic rings. The molecule has 2 rings (SSSR count). The molecule has 0 radical (unpaired) electrons. The second-order valence-electron chi connectivity index (χ2n) is 11.0. The first kappa shape index (κ1) is 28.9. The Hall–Kier alpha value is 0.620. The lowest BCUT2D eigenvalue weighted by molar-refractivity contribution is 0.427. The molecular weight excluding hydrogens is 560 g/mol.